The number of aryl methyl sites for hydroxylation is 1. The Bertz CT molecular complexity index is 777. The molecule has 1 N–H and O–H groups in total. The molecule has 0 radical (unpaired) electrons. The molecule has 1 aromatic heterocycles. The van der Waals surface area contributed by atoms with Crippen molar-refractivity contribution in [1.82, 2.24) is 9.88 Å². The lowest BCUT2D eigenvalue weighted by Crippen LogP contribution is -2.32. The standard InChI is InChI=1S/C22H29N3O2/c1-16(2)19-12-17(3)13-20(14-19)27-21-9-8-18(15-23-21)22(24-26)25-10-6-4-5-7-11-25/h8-9,12-16,26H,4-7,10-11H2,1-3H3/b24-22-. The van der Waals surface area contributed by atoms with Crippen molar-refractivity contribution in [2.75, 3.05) is 13.1 Å². The molecule has 1 fully saturated rings. The first kappa shape index (κ1) is 19.2. The van der Waals surface area contributed by atoms with Crippen LogP contribution in [0.25, 0.3) is 0 Å². The van der Waals surface area contributed by atoms with Crippen molar-refractivity contribution >= 4 is 5.84 Å². The summed E-state index contributed by atoms with van der Waals surface area (Å²) < 4.78 is 5.96. The van der Waals surface area contributed by atoms with Gasteiger partial charge in [0.25, 0.3) is 0 Å². The van der Waals surface area contributed by atoms with Crippen LogP contribution in [0.5, 0.6) is 11.6 Å². The molecule has 1 aliphatic heterocycles. The summed E-state index contributed by atoms with van der Waals surface area (Å²) in [6.07, 6.45) is 6.43. The maximum Gasteiger partial charge on any atom is 0.219 e. The van der Waals surface area contributed by atoms with Gasteiger partial charge in [0.1, 0.15) is 5.75 Å². The molecule has 2 aromatic rings. The number of nitrogens with zero attached hydrogens (tertiary/aromatic N) is 3. The van der Waals surface area contributed by atoms with E-state index in [1.807, 2.05) is 18.2 Å². The van der Waals surface area contributed by atoms with Crippen LogP contribution in [0.15, 0.2) is 41.7 Å². The maximum absolute atomic E-state index is 9.53. The molecule has 0 bridgehead atoms. The van der Waals surface area contributed by atoms with Crippen LogP contribution in [-0.4, -0.2) is 34.0 Å². The van der Waals surface area contributed by atoms with E-state index in [0.717, 1.165) is 37.2 Å². The Morgan fingerprint density at radius 3 is 2.44 bits per heavy atom. The maximum atomic E-state index is 9.53. The quantitative estimate of drug-likeness (QED) is 0.344. The largest absolute Gasteiger partial charge is 0.439 e. The molecule has 27 heavy (non-hydrogen) atoms. The van der Waals surface area contributed by atoms with Crippen molar-refractivity contribution in [3.63, 3.8) is 0 Å². The van der Waals surface area contributed by atoms with Crippen LogP contribution in [0.4, 0.5) is 0 Å². The lowest BCUT2D eigenvalue weighted by molar-refractivity contribution is 0.301. The zero-order chi connectivity index (χ0) is 19.2. The van der Waals surface area contributed by atoms with Gasteiger partial charge in [-0.2, -0.15) is 0 Å². The first-order valence-electron chi connectivity index (χ1n) is 9.79. The first-order valence-corrected chi connectivity index (χ1v) is 9.79. The van der Waals surface area contributed by atoms with E-state index in [-0.39, 0.29) is 0 Å². The smallest absolute Gasteiger partial charge is 0.219 e. The minimum atomic E-state index is 0.444. The average molecular weight is 367 g/mol. The summed E-state index contributed by atoms with van der Waals surface area (Å²) in [4.78, 5) is 6.56. The third-order valence-corrected chi connectivity index (χ3v) is 4.96. The molecule has 0 atom stereocenters. The highest BCUT2D eigenvalue weighted by Gasteiger charge is 2.17. The summed E-state index contributed by atoms with van der Waals surface area (Å²) in [5.74, 6) is 2.36. The van der Waals surface area contributed by atoms with E-state index in [2.05, 4.69) is 47.9 Å². The summed E-state index contributed by atoms with van der Waals surface area (Å²) in [6.45, 7) is 8.24. The Morgan fingerprint density at radius 2 is 1.85 bits per heavy atom. The molecule has 0 spiro atoms. The molecule has 1 aromatic carbocycles. The number of benzene rings is 1. The van der Waals surface area contributed by atoms with E-state index in [0.29, 0.717) is 17.6 Å². The van der Waals surface area contributed by atoms with Gasteiger partial charge in [-0.25, -0.2) is 4.98 Å². The van der Waals surface area contributed by atoms with Gasteiger partial charge >= 0.3 is 0 Å². The minimum absolute atomic E-state index is 0.444. The zero-order valence-electron chi connectivity index (χ0n) is 16.5. The van der Waals surface area contributed by atoms with Crippen molar-refractivity contribution in [2.45, 2.75) is 52.4 Å². The predicted octanol–water partition coefficient (Wildman–Crippen LogP) is 5.32. The summed E-state index contributed by atoms with van der Waals surface area (Å²) in [7, 11) is 0. The second kappa shape index (κ2) is 8.89. The van der Waals surface area contributed by atoms with Crippen molar-refractivity contribution in [3.8, 4) is 11.6 Å². The van der Waals surface area contributed by atoms with Crippen LogP contribution in [-0.2, 0) is 0 Å². The van der Waals surface area contributed by atoms with Gasteiger partial charge in [-0.3, -0.25) is 0 Å². The number of rotatable bonds is 4. The number of hydrogen-bond donors (Lipinski definition) is 1. The van der Waals surface area contributed by atoms with Crippen molar-refractivity contribution in [3.05, 3.63) is 53.2 Å². The molecule has 0 unspecified atom stereocenters. The van der Waals surface area contributed by atoms with E-state index in [1.165, 1.54) is 24.0 Å². The summed E-state index contributed by atoms with van der Waals surface area (Å²) in [6, 6.07) is 9.99. The van der Waals surface area contributed by atoms with Gasteiger partial charge in [0.05, 0.1) is 0 Å². The fraction of sp³-hybridized carbons (Fsp3) is 0.455. The Labute approximate surface area is 161 Å². The van der Waals surface area contributed by atoms with Crippen LogP contribution in [0.1, 0.15) is 62.1 Å². The zero-order valence-corrected chi connectivity index (χ0v) is 16.5. The normalized spacial score (nSPS) is 15.7. The Morgan fingerprint density at radius 1 is 1.11 bits per heavy atom. The van der Waals surface area contributed by atoms with E-state index >= 15 is 0 Å². The molecule has 0 aliphatic carbocycles. The second-order valence-electron chi connectivity index (χ2n) is 7.55. The summed E-state index contributed by atoms with van der Waals surface area (Å²) >= 11 is 0. The van der Waals surface area contributed by atoms with Crippen LogP contribution >= 0.6 is 0 Å². The van der Waals surface area contributed by atoms with E-state index in [4.69, 9.17) is 4.74 Å². The molecule has 5 nitrogen and oxygen atoms in total. The monoisotopic (exact) mass is 367 g/mol. The molecular formula is C22H29N3O2. The third-order valence-electron chi connectivity index (χ3n) is 4.96. The summed E-state index contributed by atoms with van der Waals surface area (Å²) in [5, 5.41) is 13.1. The summed E-state index contributed by atoms with van der Waals surface area (Å²) in [5.41, 5.74) is 3.22. The van der Waals surface area contributed by atoms with E-state index in [9.17, 15) is 5.21 Å². The Kier molecular flexibility index (Phi) is 6.32. The van der Waals surface area contributed by atoms with E-state index in [1.54, 1.807) is 6.20 Å². The van der Waals surface area contributed by atoms with E-state index < -0.39 is 0 Å². The van der Waals surface area contributed by atoms with Crippen LogP contribution in [0.3, 0.4) is 0 Å². The number of amidine groups is 1. The van der Waals surface area contributed by atoms with Gasteiger partial charge in [0.2, 0.25) is 5.88 Å². The van der Waals surface area contributed by atoms with Gasteiger partial charge in [-0.15, -0.1) is 0 Å². The van der Waals surface area contributed by atoms with Crippen LogP contribution in [0.2, 0.25) is 0 Å². The fourth-order valence-electron chi connectivity index (χ4n) is 3.45. The minimum Gasteiger partial charge on any atom is -0.439 e. The predicted molar refractivity (Wildman–Crippen MR) is 108 cm³/mol. The molecule has 2 heterocycles. The van der Waals surface area contributed by atoms with Gasteiger partial charge in [0, 0.05) is 30.9 Å². The highest BCUT2D eigenvalue weighted by Crippen LogP contribution is 2.26. The molecule has 144 valence electrons. The highest BCUT2D eigenvalue weighted by molar-refractivity contribution is 5.98. The average Bonchev–Trinajstić information content (AvgIpc) is 2.93. The van der Waals surface area contributed by atoms with Gasteiger partial charge in [0.15, 0.2) is 5.84 Å². The number of hydrogen-bond acceptors (Lipinski definition) is 4. The van der Waals surface area contributed by atoms with Crippen molar-refractivity contribution < 1.29 is 9.94 Å². The SMILES string of the molecule is Cc1cc(Oc2ccc(/C(=N/O)N3CCCCCC3)cn2)cc(C(C)C)c1. The molecular weight excluding hydrogens is 338 g/mol. The van der Waals surface area contributed by atoms with Crippen LogP contribution in [0, 0.1) is 6.92 Å². The number of ether oxygens (including phenoxy) is 1. The third kappa shape index (κ3) is 5.00. The second-order valence-corrected chi connectivity index (χ2v) is 7.55. The first-order chi connectivity index (χ1) is 13.1. The highest BCUT2D eigenvalue weighted by atomic mass is 16.5. The molecule has 5 heteroatoms. The Hall–Kier alpha value is -2.56. The number of likely N-dealkylation sites (tertiary alicyclic amines) is 1. The number of aromatic nitrogens is 1. The van der Waals surface area contributed by atoms with Crippen molar-refractivity contribution in [1.29, 1.82) is 0 Å². The molecule has 0 saturated carbocycles. The van der Waals surface area contributed by atoms with Crippen molar-refractivity contribution in [2.24, 2.45) is 5.16 Å². The number of oxime groups is 1. The molecule has 1 aliphatic rings. The van der Waals surface area contributed by atoms with Crippen LogP contribution < -0.4 is 4.74 Å². The number of pyridine rings is 1. The molecule has 0 amide bonds. The molecule has 3 rings (SSSR count). The van der Waals surface area contributed by atoms with Gasteiger partial charge in [-0.1, -0.05) is 37.9 Å². The van der Waals surface area contributed by atoms with Gasteiger partial charge < -0.3 is 14.8 Å². The lowest BCUT2D eigenvalue weighted by atomic mass is 10.0. The fourth-order valence-corrected chi connectivity index (χ4v) is 3.45. The van der Waals surface area contributed by atoms with Gasteiger partial charge in [-0.05, 0) is 55.0 Å². The topological polar surface area (TPSA) is 58.0 Å². The molecule has 1 saturated heterocycles. The lowest BCUT2D eigenvalue weighted by Gasteiger charge is -2.23. The Balaban J connectivity index is 1.75.